The molecule has 0 spiro atoms. The van der Waals surface area contributed by atoms with E-state index in [2.05, 4.69) is 11.4 Å². The van der Waals surface area contributed by atoms with Crippen molar-refractivity contribution in [2.75, 3.05) is 25.5 Å². The van der Waals surface area contributed by atoms with Crippen LogP contribution in [0.3, 0.4) is 0 Å². The molecule has 18 heavy (non-hydrogen) atoms. The molecule has 1 N–H and O–H groups in total. The molecule has 1 aromatic carbocycles. The third kappa shape index (κ3) is 2.46. The molecule has 0 aromatic heterocycles. The van der Waals surface area contributed by atoms with Crippen LogP contribution >= 0.6 is 0 Å². The molecule has 1 saturated carbocycles. The summed E-state index contributed by atoms with van der Waals surface area (Å²) in [5.41, 5.74) is 0.270. The first-order valence-corrected chi connectivity index (χ1v) is 6.18. The maximum absolute atomic E-state index is 13.2. The number of hydrogen-bond acceptors (Lipinski definition) is 3. The van der Waals surface area contributed by atoms with E-state index in [1.165, 1.54) is 12.1 Å². The standard InChI is InChI=1S/C14H18FN3/c1-17-14(9-16,11-6-7-11)10-18(2)13-5-3-4-12(15)8-13/h3-5,8,11,17H,6-7,10H2,1-2H3. The zero-order chi connectivity index (χ0) is 13.2. The zero-order valence-electron chi connectivity index (χ0n) is 10.8. The molecule has 1 aliphatic rings. The van der Waals surface area contributed by atoms with Crippen LogP contribution in [0.2, 0.25) is 0 Å². The van der Waals surface area contributed by atoms with Crippen molar-refractivity contribution in [3.8, 4) is 6.07 Å². The van der Waals surface area contributed by atoms with E-state index in [-0.39, 0.29) is 5.82 Å². The van der Waals surface area contributed by atoms with Crippen LogP contribution in [0, 0.1) is 23.1 Å². The molecule has 0 aliphatic heterocycles. The first-order valence-electron chi connectivity index (χ1n) is 6.18. The molecule has 1 atom stereocenters. The maximum atomic E-state index is 13.2. The highest BCUT2D eigenvalue weighted by molar-refractivity contribution is 5.47. The van der Waals surface area contributed by atoms with Gasteiger partial charge in [0.15, 0.2) is 0 Å². The van der Waals surface area contributed by atoms with Gasteiger partial charge in [-0.3, -0.25) is 0 Å². The topological polar surface area (TPSA) is 39.1 Å². The van der Waals surface area contributed by atoms with E-state index in [4.69, 9.17) is 0 Å². The number of nitrogens with zero attached hydrogens (tertiary/aromatic N) is 2. The normalized spacial score (nSPS) is 17.9. The summed E-state index contributed by atoms with van der Waals surface area (Å²) in [7, 11) is 3.71. The van der Waals surface area contributed by atoms with Gasteiger partial charge in [-0.1, -0.05) is 6.07 Å². The fraction of sp³-hybridized carbons (Fsp3) is 0.500. The van der Waals surface area contributed by atoms with E-state index in [9.17, 15) is 9.65 Å². The lowest BCUT2D eigenvalue weighted by Gasteiger charge is -2.32. The van der Waals surface area contributed by atoms with E-state index in [1.807, 2.05) is 25.1 Å². The Morgan fingerprint density at radius 3 is 2.78 bits per heavy atom. The Balaban J connectivity index is 2.15. The summed E-state index contributed by atoms with van der Waals surface area (Å²) >= 11 is 0. The van der Waals surface area contributed by atoms with Gasteiger partial charge in [0.1, 0.15) is 11.4 Å². The summed E-state index contributed by atoms with van der Waals surface area (Å²) in [5, 5.41) is 12.6. The predicted octanol–water partition coefficient (Wildman–Crippen LogP) is 2.15. The SMILES string of the molecule is CNC(C#N)(CN(C)c1cccc(F)c1)C1CC1. The second-order valence-corrected chi connectivity index (χ2v) is 4.94. The first-order chi connectivity index (χ1) is 8.61. The molecule has 3 nitrogen and oxygen atoms in total. The molecular formula is C14H18FN3. The van der Waals surface area contributed by atoms with E-state index < -0.39 is 5.54 Å². The molecule has 0 heterocycles. The lowest BCUT2D eigenvalue weighted by Crippen LogP contribution is -2.52. The van der Waals surface area contributed by atoms with E-state index in [0.717, 1.165) is 18.5 Å². The minimum absolute atomic E-state index is 0.252. The number of benzene rings is 1. The second-order valence-electron chi connectivity index (χ2n) is 4.94. The quantitative estimate of drug-likeness (QED) is 0.866. The maximum Gasteiger partial charge on any atom is 0.126 e. The molecule has 0 radical (unpaired) electrons. The van der Waals surface area contributed by atoms with E-state index in [1.54, 1.807) is 6.07 Å². The Morgan fingerprint density at radius 2 is 2.28 bits per heavy atom. The Morgan fingerprint density at radius 1 is 1.56 bits per heavy atom. The molecule has 4 heteroatoms. The third-order valence-electron chi connectivity index (χ3n) is 3.66. The fourth-order valence-electron chi connectivity index (χ4n) is 2.35. The molecule has 1 unspecified atom stereocenters. The second kappa shape index (κ2) is 4.95. The van der Waals surface area contributed by atoms with Crippen LogP contribution in [-0.4, -0.2) is 26.2 Å². The van der Waals surface area contributed by atoms with Gasteiger partial charge in [-0.25, -0.2) is 4.39 Å². The van der Waals surface area contributed by atoms with Gasteiger partial charge in [-0.05, 0) is 44.0 Å². The summed E-state index contributed by atoms with van der Waals surface area (Å²) in [6, 6.07) is 8.85. The van der Waals surface area contributed by atoms with Gasteiger partial charge in [-0.15, -0.1) is 0 Å². The summed E-state index contributed by atoms with van der Waals surface area (Å²) in [6.07, 6.45) is 2.18. The molecular weight excluding hydrogens is 229 g/mol. The number of hydrogen-bond donors (Lipinski definition) is 1. The fourth-order valence-corrected chi connectivity index (χ4v) is 2.35. The average molecular weight is 247 g/mol. The van der Waals surface area contributed by atoms with Crippen molar-refractivity contribution < 1.29 is 4.39 Å². The monoisotopic (exact) mass is 247 g/mol. The highest BCUT2D eigenvalue weighted by atomic mass is 19.1. The van der Waals surface area contributed by atoms with Crippen LogP contribution < -0.4 is 10.2 Å². The highest BCUT2D eigenvalue weighted by Crippen LogP contribution is 2.40. The van der Waals surface area contributed by atoms with Gasteiger partial charge < -0.3 is 10.2 Å². The number of likely N-dealkylation sites (N-methyl/N-ethyl adjacent to an activating group) is 2. The summed E-state index contributed by atoms with van der Waals surface area (Å²) in [4.78, 5) is 1.93. The van der Waals surface area contributed by atoms with Crippen molar-refractivity contribution in [2.45, 2.75) is 18.4 Å². The van der Waals surface area contributed by atoms with Crippen molar-refractivity contribution in [1.82, 2.24) is 5.32 Å². The minimum Gasteiger partial charge on any atom is -0.372 e. The molecule has 0 amide bonds. The van der Waals surface area contributed by atoms with Crippen LogP contribution in [0.25, 0.3) is 0 Å². The van der Waals surface area contributed by atoms with Crippen LogP contribution in [-0.2, 0) is 0 Å². The molecule has 0 bridgehead atoms. The number of rotatable bonds is 5. The van der Waals surface area contributed by atoms with Crippen molar-refractivity contribution in [3.63, 3.8) is 0 Å². The number of nitrogens with one attached hydrogen (secondary N) is 1. The average Bonchev–Trinajstić information content (AvgIpc) is 3.20. The molecule has 0 saturated heterocycles. The van der Waals surface area contributed by atoms with Crippen molar-refractivity contribution >= 4 is 5.69 Å². The van der Waals surface area contributed by atoms with Gasteiger partial charge in [0, 0.05) is 19.3 Å². The highest BCUT2D eigenvalue weighted by Gasteiger charge is 2.45. The van der Waals surface area contributed by atoms with Crippen molar-refractivity contribution in [2.24, 2.45) is 5.92 Å². The van der Waals surface area contributed by atoms with Crippen LogP contribution in [0.15, 0.2) is 24.3 Å². The summed E-state index contributed by atoms with van der Waals surface area (Å²) in [6.45, 7) is 0.564. The lowest BCUT2D eigenvalue weighted by atomic mass is 9.94. The minimum atomic E-state index is -0.527. The molecule has 2 rings (SSSR count). The van der Waals surface area contributed by atoms with Gasteiger partial charge in [0.25, 0.3) is 0 Å². The molecule has 1 fully saturated rings. The summed E-state index contributed by atoms with van der Waals surface area (Å²) in [5.74, 6) is 0.154. The summed E-state index contributed by atoms with van der Waals surface area (Å²) < 4.78 is 13.2. The molecule has 96 valence electrons. The smallest absolute Gasteiger partial charge is 0.126 e. The van der Waals surface area contributed by atoms with Crippen LogP contribution in [0.5, 0.6) is 0 Å². The first kappa shape index (κ1) is 12.8. The largest absolute Gasteiger partial charge is 0.372 e. The Bertz CT molecular complexity index is 464. The number of halogens is 1. The predicted molar refractivity (Wildman–Crippen MR) is 69.8 cm³/mol. The van der Waals surface area contributed by atoms with E-state index >= 15 is 0 Å². The Labute approximate surface area is 107 Å². The number of nitriles is 1. The zero-order valence-corrected chi connectivity index (χ0v) is 10.8. The Kier molecular flexibility index (Phi) is 3.53. The van der Waals surface area contributed by atoms with Crippen LogP contribution in [0.1, 0.15) is 12.8 Å². The van der Waals surface area contributed by atoms with Gasteiger partial charge >= 0.3 is 0 Å². The van der Waals surface area contributed by atoms with Crippen molar-refractivity contribution in [3.05, 3.63) is 30.1 Å². The lowest BCUT2D eigenvalue weighted by molar-refractivity contribution is 0.398. The third-order valence-corrected chi connectivity index (χ3v) is 3.66. The molecule has 1 aromatic rings. The van der Waals surface area contributed by atoms with Crippen LogP contribution in [0.4, 0.5) is 10.1 Å². The Hall–Kier alpha value is -1.60. The van der Waals surface area contributed by atoms with E-state index in [0.29, 0.717) is 12.5 Å². The number of anilines is 1. The van der Waals surface area contributed by atoms with Gasteiger partial charge in [0.05, 0.1) is 6.07 Å². The molecule has 1 aliphatic carbocycles. The van der Waals surface area contributed by atoms with Gasteiger partial charge in [-0.2, -0.15) is 5.26 Å². The van der Waals surface area contributed by atoms with Crippen molar-refractivity contribution in [1.29, 1.82) is 5.26 Å². The van der Waals surface area contributed by atoms with Gasteiger partial charge in [0.2, 0.25) is 0 Å².